The average Bonchev–Trinajstić information content (AvgIpc) is 2.54. The van der Waals surface area contributed by atoms with Gasteiger partial charge in [-0.2, -0.15) is 0 Å². The van der Waals surface area contributed by atoms with Crippen LogP contribution in [0.25, 0.3) is 0 Å². The van der Waals surface area contributed by atoms with E-state index in [2.05, 4.69) is 4.99 Å². The second kappa shape index (κ2) is 8.07. The van der Waals surface area contributed by atoms with Crippen LogP contribution < -0.4 is 0 Å². The lowest BCUT2D eigenvalue weighted by atomic mass is 9.75. The molecule has 0 radical (unpaired) electrons. The van der Waals surface area contributed by atoms with Gasteiger partial charge < -0.3 is 14.6 Å². The fraction of sp³-hybridized carbons (Fsp3) is 0.421. The highest BCUT2D eigenvalue weighted by atomic mass is 16.6. The molecule has 2 atom stereocenters. The molecular weight excluding hydrogens is 322 g/mol. The van der Waals surface area contributed by atoms with Crippen LogP contribution >= 0.6 is 0 Å². The zero-order chi connectivity index (χ0) is 18.6. The highest BCUT2D eigenvalue weighted by molar-refractivity contribution is 6.06. The Morgan fingerprint density at radius 1 is 1.12 bits per heavy atom. The fourth-order valence-corrected chi connectivity index (χ4v) is 3.05. The third-order valence-electron chi connectivity index (χ3n) is 4.27. The maximum Gasteiger partial charge on any atom is 0.336 e. The molecule has 1 aliphatic heterocycles. The lowest BCUT2D eigenvalue weighted by Crippen LogP contribution is -2.35. The van der Waals surface area contributed by atoms with Crippen molar-refractivity contribution in [1.29, 1.82) is 0 Å². The first-order valence-corrected chi connectivity index (χ1v) is 8.08. The number of ether oxygens (including phenoxy) is 2. The summed E-state index contributed by atoms with van der Waals surface area (Å²) in [6, 6.07) is 7.51. The molecule has 6 heteroatoms. The van der Waals surface area contributed by atoms with E-state index < -0.39 is 23.8 Å². The number of carbonyl (C=O) groups excluding carboxylic acids is 1. The fourth-order valence-electron chi connectivity index (χ4n) is 3.05. The van der Waals surface area contributed by atoms with Crippen molar-refractivity contribution in [2.24, 2.45) is 10.9 Å². The number of rotatable bonds is 6. The van der Waals surface area contributed by atoms with Crippen molar-refractivity contribution in [3.63, 3.8) is 0 Å². The van der Waals surface area contributed by atoms with E-state index in [1.54, 1.807) is 13.8 Å². The highest BCUT2D eigenvalue weighted by Crippen LogP contribution is 2.39. The molecule has 1 aromatic rings. The average molecular weight is 345 g/mol. The molecule has 0 aromatic heterocycles. The summed E-state index contributed by atoms with van der Waals surface area (Å²) in [5, 5.41) is 9.72. The summed E-state index contributed by atoms with van der Waals surface area (Å²) in [4.78, 5) is 28.8. The van der Waals surface area contributed by atoms with E-state index >= 15 is 0 Å². The van der Waals surface area contributed by atoms with Gasteiger partial charge >= 0.3 is 11.9 Å². The van der Waals surface area contributed by atoms with Gasteiger partial charge in [0.05, 0.1) is 12.2 Å². The number of benzene rings is 1. The second-order valence-corrected chi connectivity index (χ2v) is 6.09. The number of aryl methyl sites for hydroxylation is 1. The molecule has 1 aromatic carbocycles. The molecular formula is C19H23NO5. The van der Waals surface area contributed by atoms with Crippen LogP contribution in [-0.4, -0.2) is 43.1 Å². The normalized spacial score (nSPS) is 20.2. The summed E-state index contributed by atoms with van der Waals surface area (Å²) in [7, 11) is 1.52. The van der Waals surface area contributed by atoms with Crippen molar-refractivity contribution >= 4 is 17.7 Å². The van der Waals surface area contributed by atoms with Gasteiger partial charge in [0.15, 0.2) is 0 Å². The number of methoxy groups -OCH3 is 1. The van der Waals surface area contributed by atoms with Crippen LogP contribution in [0.2, 0.25) is 0 Å². The summed E-state index contributed by atoms with van der Waals surface area (Å²) in [6.45, 7) is 5.71. The van der Waals surface area contributed by atoms with Gasteiger partial charge in [-0.3, -0.25) is 9.79 Å². The maximum atomic E-state index is 12.6. The Bertz CT molecular complexity index is 718. The molecule has 2 unspecified atom stereocenters. The van der Waals surface area contributed by atoms with Crippen molar-refractivity contribution in [3.8, 4) is 0 Å². The zero-order valence-electron chi connectivity index (χ0n) is 14.9. The third kappa shape index (κ3) is 4.14. The van der Waals surface area contributed by atoms with Crippen LogP contribution in [0.5, 0.6) is 0 Å². The summed E-state index contributed by atoms with van der Waals surface area (Å²) >= 11 is 0. The Balaban J connectivity index is 2.49. The number of carboxylic acid groups (broad SMARTS) is 1. The predicted molar refractivity (Wildman–Crippen MR) is 93.7 cm³/mol. The molecule has 1 aliphatic rings. The monoisotopic (exact) mass is 345 g/mol. The van der Waals surface area contributed by atoms with Crippen molar-refractivity contribution in [2.75, 3.05) is 20.3 Å². The minimum Gasteiger partial charge on any atom is -0.481 e. The highest BCUT2D eigenvalue weighted by Gasteiger charge is 2.41. The first-order chi connectivity index (χ1) is 11.9. The summed E-state index contributed by atoms with van der Waals surface area (Å²) < 4.78 is 10.1. The number of carbonyl (C=O) groups is 2. The Morgan fingerprint density at radius 2 is 1.76 bits per heavy atom. The molecule has 134 valence electrons. The van der Waals surface area contributed by atoms with Crippen molar-refractivity contribution in [3.05, 3.63) is 46.7 Å². The quantitative estimate of drug-likeness (QED) is 0.633. The van der Waals surface area contributed by atoms with Crippen LogP contribution in [0.15, 0.2) is 40.5 Å². The molecule has 0 spiro atoms. The van der Waals surface area contributed by atoms with Gasteiger partial charge in [-0.15, -0.1) is 0 Å². The minimum absolute atomic E-state index is 0.104. The van der Waals surface area contributed by atoms with Crippen molar-refractivity contribution in [2.45, 2.75) is 26.7 Å². The van der Waals surface area contributed by atoms with Gasteiger partial charge in [0.2, 0.25) is 0 Å². The van der Waals surface area contributed by atoms with E-state index in [0.29, 0.717) is 11.4 Å². The summed E-state index contributed by atoms with van der Waals surface area (Å²) in [5.74, 6) is -3.11. The Kier molecular flexibility index (Phi) is 6.09. The van der Waals surface area contributed by atoms with Gasteiger partial charge in [-0.25, -0.2) is 4.79 Å². The van der Waals surface area contributed by atoms with E-state index in [9.17, 15) is 14.7 Å². The van der Waals surface area contributed by atoms with Gasteiger partial charge in [0, 0.05) is 24.4 Å². The van der Waals surface area contributed by atoms with E-state index in [-0.39, 0.29) is 18.8 Å². The largest absolute Gasteiger partial charge is 0.481 e. The van der Waals surface area contributed by atoms with Gasteiger partial charge in [-0.05, 0) is 26.3 Å². The number of allylic oxidation sites excluding steroid dienone is 1. The lowest BCUT2D eigenvalue weighted by molar-refractivity contribution is -0.142. The standard InChI is InChI=1S/C19H23NO5/c1-11-5-7-14(8-6-11)17-15(18(21)22)12(2)20-13(3)16(17)19(23)25-10-9-24-4/h5-8,15,17H,9-10H2,1-4H3,(H,21,22). The van der Waals surface area contributed by atoms with Gasteiger partial charge in [-0.1, -0.05) is 29.8 Å². The van der Waals surface area contributed by atoms with Gasteiger partial charge in [0.25, 0.3) is 0 Å². The number of esters is 1. The Hall–Kier alpha value is -2.47. The smallest absolute Gasteiger partial charge is 0.336 e. The van der Waals surface area contributed by atoms with Crippen molar-refractivity contribution in [1.82, 2.24) is 0 Å². The molecule has 6 nitrogen and oxygen atoms in total. The Morgan fingerprint density at radius 3 is 2.32 bits per heavy atom. The summed E-state index contributed by atoms with van der Waals surface area (Å²) in [6.07, 6.45) is 0. The SMILES string of the molecule is COCCOC(=O)C1=C(C)N=C(C)C(C(=O)O)C1c1ccc(C)cc1. The first-order valence-electron chi connectivity index (χ1n) is 8.08. The maximum absolute atomic E-state index is 12.6. The summed E-state index contributed by atoms with van der Waals surface area (Å²) in [5.41, 5.74) is 3.07. The van der Waals surface area contributed by atoms with Gasteiger partial charge in [0.1, 0.15) is 12.5 Å². The van der Waals surface area contributed by atoms with Crippen LogP contribution in [-0.2, 0) is 19.1 Å². The number of hydrogen-bond acceptors (Lipinski definition) is 5. The van der Waals surface area contributed by atoms with Crippen LogP contribution in [0.1, 0.15) is 30.9 Å². The molecule has 2 rings (SSSR count). The molecule has 0 amide bonds. The molecule has 0 saturated heterocycles. The van der Waals surface area contributed by atoms with E-state index in [0.717, 1.165) is 11.1 Å². The van der Waals surface area contributed by atoms with Crippen molar-refractivity contribution < 1.29 is 24.2 Å². The third-order valence-corrected chi connectivity index (χ3v) is 4.27. The van der Waals surface area contributed by atoms with E-state index in [4.69, 9.17) is 9.47 Å². The number of nitrogens with zero attached hydrogens (tertiary/aromatic N) is 1. The predicted octanol–water partition coefficient (Wildman–Crippen LogP) is 2.72. The van der Waals surface area contributed by atoms with Crippen LogP contribution in [0.4, 0.5) is 0 Å². The Labute approximate surface area is 147 Å². The molecule has 0 fully saturated rings. The molecule has 0 bridgehead atoms. The van der Waals surface area contributed by atoms with E-state index in [1.807, 2.05) is 31.2 Å². The van der Waals surface area contributed by atoms with Crippen LogP contribution in [0, 0.1) is 12.8 Å². The zero-order valence-corrected chi connectivity index (χ0v) is 14.9. The minimum atomic E-state index is -1.01. The lowest BCUT2D eigenvalue weighted by Gasteiger charge is -2.30. The van der Waals surface area contributed by atoms with Crippen LogP contribution in [0.3, 0.4) is 0 Å². The number of aliphatic carboxylic acids is 1. The number of carboxylic acids is 1. The first kappa shape index (κ1) is 18.9. The van der Waals surface area contributed by atoms with E-state index in [1.165, 1.54) is 7.11 Å². The topological polar surface area (TPSA) is 85.2 Å². The number of hydrogen-bond donors (Lipinski definition) is 1. The number of aliphatic imine (C=N–C) groups is 1. The molecule has 1 heterocycles. The molecule has 1 N–H and O–H groups in total. The molecule has 0 aliphatic carbocycles. The second-order valence-electron chi connectivity index (χ2n) is 6.09. The molecule has 25 heavy (non-hydrogen) atoms. The molecule has 0 saturated carbocycles.